The van der Waals surface area contributed by atoms with Crippen molar-refractivity contribution in [3.05, 3.63) is 0 Å². The molecule has 1 amide bonds. The third-order valence-corrected chi connectivity index (χ3v) is 3.13. The molecule has 1 saturated heterocycles. The van der Waals surface area contributed by atoms with Gasteiger partial charge in [0.1, 0.15) is 12.3 Å². The maximum atomic E-state index is 11.6. The highest BCUT2D eigenvalue weighted by atomic mass is 16.6. The number of rotatable bonds is 7. The van der Waals surface area contributed by atoms with Crippen molar-refractivity contribution in [2.24, 2.45) is 5.73 Å². The summed E-state index contributed by atoms with van der Waals surface area (Å²) in [5.74, 6) is -0.187. The third kappa shape index (κ3) is 5.84. The van der Waals surface area contributed by atoms with E-state index in [1.807, 2.05) is 0 Å². The Labute approximate surface area is 112 Å². The highest BCUT2D eigenvalue weighted by Crippen LogP contribution is 2.17. The van der Waals surface area contributed by atoms with E-state index in [4.69, 9.17) is 10.5 Å². The van der Waals surface area contributed by atoms with Crippen molar-refractivity contribution in [1.29, 1.82) is 0 Å². The fourth-order valence-corrected chi connectivity index (χ4v) is 1.98. The van der Waals surface area contributed by atoms with Crippen molar-refractivity contribution >= 4 is 5.91 Å². The molecule has 0 saturated carbocycles. The second kappa shape index (κ2) is 8.44. The Morgan fingerprint density at radius 3 is 2.53 bits per heavy atom. The number of amides is 1. The summed E-state index contributed by atoms with van der Waals surface area (Å²) in [7, 11) is 0. The molecule has 1 fully saturated rings. The number of nitrogens with two attached hydrogens (primary N) is 1. The molecule has 0 aliphatic carbocycles. The highest BCUT2D eigenvalue weighted by Gasteiger charge is 2.35. The van der Waals surface area contributed by atoms with Gasteiger partial charge in [-0.2, -0.15) is 0 Å². The van der Waals surface area contributed by atoms with Gasteiger partial charge in [-0.1, -0.05) is 12.8 Å². The molecule has 1 aliphatic rings. The molecule has 1 unspecified atom stereocenters. The summed E-state index contributed by atoms with van der Waals surface area (Å²) in [6.45, 7) is 0.667. The maximum Gasteiger partial charge on any atom is 0.221 e. The smallest absolute Gasteiger partial charge is 0.221 e. The molecule has 4 atom stereocenters. The Morgan fingerprint density at radius 2 is 1.89 bits per heavy atom. The zero-order valence-electron chi connectivity index (χ0n) is 11.0. The van der Waals surface area contributed by atoms with Crippen LogP contribution in [0.1, 0.15) is 38.5 Å². The van der Waals surface area contributed by atoms with Crippen LogP contribution in [0.4, 0.5) is 0 Å². The molecule has 0 aromatic heterocycles. The van der Waals surface area contributed by atoms with Crippen LogP contribution >= 0.6 is 0 Å². The van der Waals surface area contributed by atoms with Crippen molar-refractivity contribution in [2.75, 3.05) is 6.54 Å². The second-order valence-electron chi connectivity index (χ2n) is 4.83. The van der Waals surface area contributed by atoms with Gasteiger partial charge in [0.15, 0.2) is 6.29 Å². The summed E-state index contributed by atoms with van der Waals surface area (Å²) in [4.78, 5) is 11.6. The van der Waals surface area contributed by atoms with Gasteiger partial charge < -0.3 is 31.1 Å². The molecule has 0 aromatic rings. The lowest BCUT2D eigenvalue weighted by Crippen LogP contribution is -2.53. The first-order valence-electron chi connectivity index (χ1n) is 6.73. The number of hydrogen-bond acceptors (Lipinski definition) is 6. The molecule has 112 valence electrons. The molecule has 6 N–H and O–H groups in total. The fraction of sp³-hybridized carbons (Fsp3) is 0.917. The summed E-state index contributed by atoms with van der Waals surface area (Å²) in [5.41, 5.74) is 5.37. The number of carbonyl (C=O) groups is 1. The molecule has 1 heterocycles. The summed E-state index contributed by atoms with van der Waals surface area (Å²) in [6, 6.07) is 0. The summed E-state index contributed by atoms with van der Waals surface area (Å²) < 4.78 is 4.98. The predicted octanol–water partition coefficient (Wildman–Crippen LogP) is -1.20. The van der Waals surface area contributed by atoms with Crippen LogP contribution in [0.3, 0.4) is 0 Å². The third-order valence-electron chi connectivity index (χ3n) is 3.13. The zero-order valence-corrected chi connectivity index (χ0v) is 11.0. The van der Waals surface area contributed by atoms with Gasteiger partial charge in [0.25, 0.3) is 0 Å². The van der Waals surface area contributed by atoms with Crippen molar-refractivity contribution in [1.82, 2.24) is 5.32 Å². The van der Waals surface area contributed by atoms with Gasteiger partial charge in [-0.15, -0.1) is 0 Å². The number of unbranched alkanes of at least 4 members (excludes halogenated alkanes) is 3. The van der Waals surface area contributed by atoms with Gasteiger partial charge in [-0.3, -0.25) is 4.79 Å². The van der Waals surface area contributed by atoms with Crippen LogP contribution in [0.25, 0.3) is 0 Å². The van der Waals surface area contributed by atoms with E-state index in [1.54, 1.807) is 0 Å². The van der Waals surface area contributed by atoms with Crippen LogP contribution in [0, 0.1) is 0 Å². The zero-order chi connectivity index (χ0) is 14.3. The molecule has 7 nitrogen and oxygen atoms in total. The van der Waals surface area contributed by atoms with Crippen LogP contribution in [0.15, 0.2) is 0 Å². The molecule has 1 aliphatic heterocycles. The van der Waals surface area contributed by atoms with Gasteiger partial charge in [-0.05, 0) is 19.4 Å². The second-order valence-corrected chi connectivity index (χ2v) is 4.83. The quantitative estimate of drug-likeness (QED) is 0.372. The lowest BCUT2D eigenvalue weighted by Gasteiger charge is -2.34. The van der Waals surface area contributed by atoms with Crippen LogP contribution in [0.2, 0.25) is 0 Å². The Bertz CT molecular complexity index is 265. The minimum absolute atomic E-state index is 0.0666. The lowest BCUT2D eigenvalue weighted by molar-refractivity contribution is -0.251. The maximum absolute atomic E-state index is 11.6. The minimum Gasteiger partial charge on any atom is -0.390 e. The summed E-state index contributed by atoms with van der Waals surface area (Å²) >= 11 is 0. The van der Waals surface area contributed by atoms with E-state index in [1.165, 1.54) is 0 Å². The Kier molecular flexibility index (Phi) is 7.25. The van der Waals surface area contributed by atoms with E-state index in [0.717, 1.165) is 25.7 Å². The van der Waals surface area contributed by atoms with Crippen LogP contribution < -0.4 is 11.1 Å². The fourth-order valence-electron chi connectivity index (χ4n) is 1.98. The van der Waals surface area contributed by atoms with E-state index in [0.29, 0.717) is 13.0 Å². The minimum atomic E-state index is -1.47. The number of nitrogens with one attached hydrogen (secondary N) is 1. The van der Waals surface area contributed by atoms with Crippen LogP contribution in [-0.4, -0.2) is 52.5 Å². The predicted molar refractivity (Wildman–Crippen MR) is 67.8 cm³/mol. The summed E-state index contributed by atoms with van der Waals surface area (Å²) in [6.07, 6.45) is -0.536. The van der Waals surface area contributed by atoms with E-state index in [-0.39, 0.29) is 12.3 Å². The number of carbonyl (C=O) groups excluding carboxylic acids is 1. The van der Waals surface area contributed by atoms with Crippen LogP contribution in [-0.2, 0) is 9.53 Å². The monoisotopic (exact) mass is 276 g/mol. The lowest BCUT2D eigenvalue weighted by atomic mass is 10.1. The van der Waals surface area contributed by atoms with Crippen molar-refractivity contribution in [3.8, 4) is 0 Å². The number of hydrogen-bond donors (Lipinski definition) is 5. The molecular formula is C12H24N2O5. The Hall–Kier alpha value is -0.730. The topological polar surface area (TPSA) is 125 Å². The highest BCUT2D eigenvalue weighted by molar-refractivity contribution is 5.76. The molecule has 0 bridgehead atoms. The molecule has 0 spiro atoms. The van der Waals surface area contributed by atoms with Crippen molar-refractivity contribution in [2.45, 2.75) is 63.3 Å². The van der Waals surface area contributed by atoms with Gasteiger partial charge >= 0.3 is 0 Å². The molecule has 0 aromatic carbocycles. The molecule has 0 radical (unpaired) electrons. The normalized spacial score (nSPS) is 31.2. The van der Waals surface area contributed by atoms with E-state index in [9.17, 15) is 20.1 Å². The molecule has 7 heteroatoms. The van der Waals surface area contributed by atoms with E-state index >= 15 is 0 Å². The van der Waals surface area contributed by atoms with Gasteiger partial charge in [0.05, 0.1) is 6.10 Å². The van der Waals surface area contributed by atoms with Gasteiger partial charge in [0, 0.05) is 12.8 Å². The first-order chi connectivity index (χ1) is 9.04. The first kappa shape index (κ1) is 16.3. The molecule has 19 heavy (non-hydrogen) atoms. The van der Waals surface area contributed by atoms with Crippen molar-refractivity contribution < 1.29 is 24.9 Å². The van der Waals surface area contributed by atoms with Gasteiger partial charge in [-0.25, -0.2) is 0 Å². The number of ether oxygens (including phenoxy) is 1. The average Bonchev–Trinajstić information content (AvgIpc) is 2.35. The van der Waals surface area contributed by atoms with Crippen LogP contribution in [0.5, 0.6) is 0 Å². The Balaban J connectivity index is 2.18. The van der Waals surface area contributed by atoms with E-state index < -0.39 is 24.7 Å². The number of aliphatic hydroxyl groups is 3. The standard InChI is InChI=1S/C12H24N2O5/c13-6-4-2-1-3-5-9(16)14-10-7-8(15)11(17)12(18)19-10/h8,10-12,15,17-18H,1-7,13H2,(H,14,16)/t8-,10?,11+,12+/m1/s1. The van der Waals surface area contributed by atoms with Gasteiger partial charge in [0.2, 0.25) is 5.91 Å². The average molecular weight is 276 g/mol. The Morgan fingerprint density at radius 1 is 1.21 bits per heavy atom. The van der Waals surface area contributed by atoms with Crippen molar-refractivity contribution in [3.63, 3.8) is 0 Å². The van der Waals surface area contributed by atoms with E-state index in [2.05, 4.69) is 5.32 Å². The first-order valence-corrected chi connectivity index (χ1v) is 6.73. The number of aliphatic hydroxyl groups excluding tert-OH is 3. The summed E-state index contributed by atoms with van der Waals surface area (Å²) in [5, 5.41) is 30.6. The molecule has 1 rings (SSSR count). The largest absolute Gasteiger partial charge is 0.390 e. The molecular weight excluding hydrogens is 252 g/mol. The SMILES string of the molecule is NCCCCCCC(=O)NC1C[C@@H](O)[C@H](O)[C@@H](O)O1.